The molecule has 0 saturated heterocycles. The second-order valence-corrected chi connectivity index (χ2v) is 5.91. The summed E-state index contributed by atoms with van der Waals surface area (Å²) in [6.07, 6.45) is 2.50. The van der Waals surface area contributed by atoms with Gasteiger partial charge in [0.1, 0.15) is 0 Å². The standard InChI is InChI=1S/C16H24N2O2/c1-11(2)9-13(10-19)17-15-8-7-12-5-3-4-6-14(12)18-16(15)20/h3-6,11,13,15,17,19H,7-10H2,1-2H3,(H,18,20). The van der Waals surface area contributed by atoms with Gasteiger partial charge in [0, 0.05) is 11.7 Å². The first-order chi connectivity index (χ1) is 9.60. The van der Waals surface area contributed by atoms with E-state index in [1.54, 1.807) is 0 Å². The van der Waals surface area contributed by atoms with E-state index in [1.165, 1.54) is 5.56 Å². The van der Waals surface area contributed by atoms with Crippen LogP contribution in [-0.2, 0) is 11.2 Å². The molecule has 1 amide bonds. The van der Waals surface area contributed by atoms with Gasteiger partial charge in [-0.15, -0.1) is 0 Å². The maximum atomic E-state index is 12.3. The van der Waals surface area contributed by atoms with Crippen molar-refractivity contribution in [3.8, 4) is 0 Å². The number of hydrogen-bond donors (Lipinski definition) is 3. The number of aliphatic hydroxyl groups excluding tert-OH is 1. The molecule has 2 atom stereocenters. The van der Waals surface area contributed by atoms with Crippen molar-refractivity contribution in [3.05, 3.63) is 29.8 Å². The monoisotopic (exact) mass is 276 g/mol. The second-order valence-electron chi connectivity index (χ2n) is 5.91. The smallest absolute Gasteiger partial charge is 0.241 e. The number of rotatable bonds is 5. The van der Waals surface area contributed by atoms with E-state index < -0.39 is 0 Å². The maximum Gasteiger partial charge on any atom is 0.241 e. The Bertz CT molecular complexity index is 460. The molecule has 2 rings (SSSR count). The molecule has 0 aromatic heterocycles. The lowest BCUT2D eigenvalue weighted by molar-refractivity contribution is -0.118. The summed E-state index contributed by atoms with van der Waals surface area (Å²) in [6, 6.07) is 7.66. The van der Waals surface area contributed by atoms with Gasteiger partial charge in [-0.1, -0.05) is 32.0 Å². The van der Waals surface area contributed by atoms with Crippen molar-refractivity contribution in [3.63, 3.8) is 0 Å². The maximum absolute atomic E-state index is 12.3. The molecule has 0 bridgehead atoms. The molecule has 0 aliphatic carbocycles. The summed E-state index contributed by atoms with van der Waals surface area (Å²) in [5.41, 5.74) is 2.08. The molecule has 3 N–H and O–H groups in total. The van der Waals surface area contributed by atoms with Crippen molar-refractivity contribution in [1.82, 2.24) is 5.32 Å². The lowest BCUT2D eigenvalue weighted by Gasteiger charge is -2.23. The zero-order chi connectivity index (χ0) is 14.5. The molecule has 4 heteroatoms. The van der Waals surface area contributed by atoms with Crippen LogP contribution in [0.15, 0.2) is 24.3 Å². The Kier molecular flexibility index (Phi) is 5.15. The molecule has 110 valence electrons. The van der Waals surface area contributed by atoms with Crippen LogP contribution in [0.3, 0.4) is 0 Å². The van der Waals surface area contributed by atoms with Gasteiger partial charge in [-0.25, -0.2) is 0 Å². The van der Waals surface area contributed by atoms with Crippen molar-refractivity contribution in [1.29, 1.82) is 0 Å². The highest BCUT2D eigenvalue weighted by Crippen LogP contribution is 2.22. The molecular weight excluding hydrogens is 252 g/mol. The number of hydrogen-bond acceptors (Lipinski definition) is 3. The third kappa shape index (κ3) is 3.81. The Morgan fingerprint density at radius 1 is 1.40 bits per heavy atom. The van der Waals surface area contributed by atoms with Crippen LogP contribution in [0, 0.1) is 5.92 Å². The molecule has 20 heavy (non-hydrogen) atoms. The number of fused-ring (bicyclic) bond motifs is 1. The van der Waals surface area contributed by atoms with Gasteiger partial charge in [-0.3, -0.25) is 4.79 Å². The summed E-state index contributed by atoms with van der Waals surface area (Å²) in [5.74, 6) is 0.489. The summed E-state index contributed by atoms with van der Waals surface area (Å²) in [5, 5.41) is 15.7. The van der Waals surface area contributed by atoms with Crippen molar-refractivity contribution in [2.24, 2.45) is 5.92 Å². The molecule has 1 aromatic carbocycles. The van der Waals surface area contributed by atoms with E-state index in [9.17, 15) is 9.90 Å². The van der Waals surface area contributed by atoms with Crippen molar-refractivity contribution in [2.45, 2.75) is 45.2 Å². The first-order valence-corrected chi connectivity index (χ1v) is 7.35. The highest BCUT2D eigenvalue weighted by molar-refractivity contribution is 5.96. The fourth-order valence-corrected chi connectivity index (χ4v) is 2.72. The average molecular weight is 276 g/mol. The van der Waals surface area contributed by atoms with Crippen molar-refractivity contribution in [2.75, 3.05) is 11.9 Å². The number of nitrogens with one attached hydrogen (secondary N) is 2. The summed E-state index contributed by atoms with van der Waals surface area (Å²) in [6.45, 7) is 4.30. The van der Waals surface area contributed by atoms with Gasteiger partial charge in [-0.05, 0) is 36.8 Å². The van der Waals surface area contributed by atoms with Crippen molar-refractivity contribution < 1.29 is 9.90 Å². The van der Waals surface area contributed by atoms with Crippen LogP contribution in [0.25, 0.3) is 0 Å². The Balaban J connectivity index is 2.02. The van der Waals surface area contributed by atoms with Gasteiger partial charge in [0.25, 0.3) is 0 Å². The van der Waals surface area contributed by atoms with Crippen LogP contribution in [0.4, 0.5) is 5.69 Å². The number of carbonyl (C=O) groups is 1. The quantitative estimate of drug-likeness (QED) is 0.770. The Labute approximate surface area is 120 Å². The van der Waals surface area contributed by atoms with E-state index in [1.807, 2.05) is 18.2 Å². The predicted octanol–water partition coefficient (Wildman–Crippen LogP) is 1.94. The van der Waals surface area contributed by atoms with Gasteiger partial charge < -0.3 is 15.7 Å². The van der Waals surface area contributed by atoms with Crippen LogP contribution < -0.4 is 10.6 Å². The number of aryl methyl sites for hydroxylation is 1. The fourth-order valence-electron chi connectivity index (χ4n) is 2.72. The van der Waals surface area contributed by atoms with Gasteiger partial charge in [0.2, 0.25) is 5.91 Å². The van der Waals surface area contributed by atoms with Crippen LogP contribution in [0.5, 0.6) is 0 Å². The molecule has 0 spiro atoms. The van der Waals surface area contributed by atoms with E-state index in [4.69, 9.17) is 0 Å². The highest BCUT2D eigenvalue weighted by atomic mass is 16.3. The van der Waals surface area contributed by atoms with Crippen LogP contribution in [-0.4, -0.2) is 29.7 Å². The number of carbonyl (C=O) groups excluding carboxylic acids is 1. The van der Waals surface area contributed by atoms with E-state index in [-0.39, 0.29) is 24.6 Å². The predicted molar refractivity (Wildman–Crippen MR) is 80.6 cm³/mol. The molecule has 4 nitrogen and oxygen atoms in total. The van der Waals surface area contributed by atoms with Crippen LogP contribution in [0.1, 0.15) is 32.3 Å². The average Bonchev–Trinajstić information content (AvgIpc) is 2.57. The molecular formula is C16H24N2O2. The van der Waals surface area contributed by atoms with E-state index in [2.05, 4.69) is 30.5 Å². The van der Waals surface area contributed by atoms with Gasteiger partial charge >= 0.3 is 0 Å². The minimum Gasteiger partial charge on any atom is -0.395 e. The number of para-hydroxylation sites is 1. The molecule has 1 aliphatic heterocycles. The minimum atomic E-state index is -0.238. The number of aliphatic hydroxyl groups is 1. The normalized spacial score (nSPS) is 20.2. The Morgan fingerprint density at radius 2 is 2.15 bits per heavy atom. The summed E-state index contributed by atoms with van der Waals surface area (Å²) in [4.78, 5) is 12.3. The van der Waals surface area contributed by atoms with E-state index >= 15 is 0 Å². The van der Waals surface area contributed by atoms with Gasteiger partial charge in [-0.2, -0.15) is 0 Å². The Morgan fingerprint density at radius 3 is 2.85 bits per heavy atom. The lowest BCUT2D eigenvalue weighted by Crippen LogP contribution is -2.47. The molecule has 1 heterocycles. The van der Waals surface area contributed by atoms with E-state index in [0.29, 0.717) is 5.92 Å². The minimum absolute atomic E-state index is 0.00263. The first-order valence-electron chi connectivity index (χ1n) is 7.35. The fraction of sp³-hybridized carbons (Fsp3) is 0.562. The zero-order valence-corrected chi connectivity index (χ0v) is 12.2. The van der Waals surface area contributed by atoms with Crippen LogP contribution in [0.2, 0.25) is 0 Å². The highest BCUT2D eigenvalue weighted by Gasteiger charge is 2.25. The number of amides is 1. The largest absolute Gasteiger partial charge is 0.395 e. The van der Waals surface area contributed by atoms with Crippen molar-refractivity contribution >= 4 is 11.6 Å². The Hall–Kier alpha value is -1.39. The summed E-state index contributed by atoms with van der Waals surface area (Å²) >= 11 is 0. The molecule has 2 unspecified atom stereocenters. The number of anilines is 1. The lowest BCUT2D eigenvalue weighted by atomic mass is 10.0. The topological polar surface area (TPSA) is 61.4 Å². The molecule has 0 fully saturated rings. The second kappa shape index (κ2) is 6.86. The molecule has 1 aliphatic rings. The number of benzene rings is 1. The SMILES string of the molecule is CC(C)CC(CO)NC1CCc2ccccc2NC1=O. The third-order valence-corrected chi connectivity index (χ3v) is 3.71. The molecule has 0 radical (unpaired) electrons. The zero-order valence-electron chi connectivity index (χ0n) is 12.2. The van der Waals surface area contributed by atoms with E-state index in [0.717, 1.165) is 24.9 Å². The van der Waals surface area contributed by atoms with Gasteiger partial charge in [0.05, 0.1) is 12.6 Å². The summed E-state index contributed by atoms with van der Waals surface area (Å²) < 4.78 is 0. The summed E-state index contributed by atoms with van der Waals surface area (Å²) in [7, 11) is 0. The third-order valence-electron chi connectivity index (χ3n) is 3.71. The molecule has 1 aromatic rings. The van der Waals surface area contributed by atoms with Gasteiger partial charge in [0.15, 0.2) is 0 Å². The van der Waals surface area contributed by atoms with Crippen LogP contribution >= 0.6 is 0 Å². The first kappa shape index (κ1) is 15.0. The molecule has 0 saturated carbocycles.